The monoisotopic (exact) mass is 287 g/mol. The van der Waals surface area contributed by atoms with Gasteiger partial charge in [0.15, 0.2) is 0 Å². The van der Waals surface area contributed by atoms with E-state index in [9.17, 15) is 13.2 Å². The van der Waals surface area contributed by atoms with Crippen LogP contribution in [-0.4, -0.2) is 12.2 Å². The highest BCUT2D eigenvalue weighted by atomic mass is 79.9. The van der Waals surface area contributed by atoms with E-state index in [1.54, 1.807) is 6.07 Å². The Morgan fingerprint density at radius 2 is 2.14 bits per heavy atom. The molecule has 2 N–H and O–H groups in total. The lowest BCUT2D eigenvalue weighted by atomic mass is 10.2. The quantitative estimate of drug-likeness (QED) is 0.888. The fourth-order valence-corrected chi connectivity index (χ4v) is 2.87. The fraction of sp³-hybridized carbons (Fsp3) is 0.500. The maximum atomic E-state index is 12.1. The van der Waals surface area contributed by atoms with E-state index >= 15 is 0 Å². The van der Waals surface area contributed by atoms with E-state index < -0.39 is 12.2 Å². The summed E-state index contributed by atoms with van der Waals surface area (Å²) in [5.41, 5.74) is 5.02. The second-order valence-corrected chi connectivity index (χ2v) is 5.18. The molecule has 14 heavy (non-hydrogen) atoms. The Hall–Kier alpha value is -0.0700. The highest BCUT2D eigenvalue weighted by molar-refractivity contribution is 9.10. The van der Waals surface area contributed by atoms with Crippen molar-refractivity contribution < 1.29 is 13.2 Å². The molecule has 0 aliphatic carbocycles. The summed E-state index contributed by atoms with van der Waals surface area (Å²) < 4.78 is 37.1. The van der Waals surface area contributed by atoms with Crippen LogP contribution in [0.1, 0.15) is 9.75 Å². The Labute approximate surface area is 92.2 Å². The molecule has 1 nitrogen and oxygen atoms in total. The largest absolute Gasteiger partial charge is 0.403 e. The summed E-state index contributed by atoms with van der Waals surface area (Å²) in [6.07, 6.45) is -4.49. The third-order valence-electron chi connectivity index (χ3n) is 1.71. The zero-order valence-corrected chi connectivity index (χ0v) is 9.76. The summed E-state index contributed by atoms with van der Waals surface area (Å²) >= 11 is 4.53. The topological polar surface area (TPSA) is 26.0 Å². The molecule has 0 bridgehead atoms. The van der Waals surface area contributed by atoms with E-state index in [4.69, 9.17) is 5.73 Å². The average Bonchev–Trinajstić information content (AvgIpc) is 2.28. The molecular weight excluding hydrogens is 279 g/mol. The molecule has 1 aromatic rings. The average molecular weight is 288 g/mol. The van der Waals surface area contributed by atoms with Crippen LogP contribution in [0.25, 0.3) is 0 Å². The van der Waals surface area contributed by atoms with Crippen molar-refractivity contribution in [2.24, 2.45) is 5.73 Å². The Morgan fingerprint density at radius 3 is 2.50 bits per heavy atom. The fourth-order valence-electron chi connectivity index (χ4n) is 0.986. The van der Waals surface area contributed by atoms with Gasteiger partial charge in [0.05, 0.1) is 0 Å². The maximum Gasteiger partial charge on any atom is 0.403 e. The molecule has 1 aromatic heterocycles. The third kappa shape index (κ3) is 2.96. The van der Waals surface area contributed by atoms with Crippen LogP contribution in [0.15, 0.2) is 10.5 Å². The molecule has 0 aromatic carbocycles. The first kappa shape index (κ1) is 12.0. The number of rotatable bonds is 2. The van der Waals surface area contributed by atoms with Crippen LogP contribution >= 0.6 is 27.3 Å². The predicted molar refractivity (Wildman–Crippen MR) is 54.5 cm³/mol. The number of nitrogens with two attached hydrogens (primary N) is 1. The van der Waals surface area contributed by atoms with Crippen molar-refractivity contribution in [3.05, 3.63) is 20.3 Å². The first-order valence-corrected chi connectivity index (χ1v) is 5.48. The molecule has 0 spiro atoms. The molecule has 1 unspecified atom stereocenters. The highest BCUT2D eigenvalue weighted by Crippen LogP contribution is 2.30. The van der Waals surface area contributed by atoms with Gasteiger partial charge < -0.3 is 5.73 Å². The number of aryl methyl sites for hydroxylation is 1. The van der Waals surface area contributed by atoms with E-state index in [0.717, 1.165) is 4.88 Å². The number of halogens is 4. The lowest BCUT2D eigenvalue weighted by Gasteiger charge is -2.14. The molecule has 1 heterocycles. The second kappa shape index (κ2) is 4.20. The van der Waals surface area contributed by atoms with E-state index in [-0.39, 0.29) is 6.42 Å². The van der Waals surface area contributed by atoms with Crippen LogP contribution in [0.5, 0.6) is 0 Å². The minimum Gasteiger partial charge on any atom is -0.320 e. The Balaban J connectivity index is 2.74. The molecule has 1 rings (SSSR count). The minimum atomic E-state index is -4.32. The normalized spacial score (nSPS) is 14.4. The van der Waals surface area contributed by atoms with E-state index in [2.05, 4.69) is 15.9 Å². The van der Waals surface area contributed by atoms with E-state index in [1.165, 1.54) is 11.3 Å². The molecule has 0 radical (unpaired) electrons. The van der Waals surface area contributed by atoms with Crippen molar-refractivity contribution >= 4 is 27.3 Å². The van der Waals surface area contributed by atoms with Gasteiger partial charge in [-0.2, -0.15) is 13.2 Å². The molecule has 0 saturated heterocycles. The summed E-state index contributed by atoms with van der Waals surface area (Å²) in [6, 6.07) is 0.0140. The van der Waals surface area contributed by atoms with Gasteiger partial charge in [-0.05, 0) is 28.9 Å². The third-order valence-corrected chi connectivity index (χ3v) is 3.75. The van der Waals surface area contributed by atoms with Crippen LogP contribution in [-0.2, 0) is 6.42 Å². The van der Waals surface area contributed by atoms with Crippen LogP contribution in [0, 0.1) is 6.92 Å². The van der Waals surface area contributed by atoms with Crippen molar-refractivity contribution in [3.63, 3.8) is 0 Å². The summed E-state index contributed by atoms with van der Waals surface area (Å²) in [5, 5.41) is 0. The first-order chi connectivity index (χ1) is 6.30. The van der Waals surface area contributed by atoms with Crippen LogP contribution in [0.4, 0.5) is 13.2 Å². The van der Waals surface area contributed by atoms with Crippen molar-refractivity contribution in [3.8, 4) is 0 Å². The lowest BCUT2D eigenvalue weighted by molar-refractivity contribution is -0.147. The van der Waals surface area contributed by atoms with Gasteiger partial charge in [-0.1, -0.05) is 0 Å². The van der Waals surface area contributed by atoms with Gasteiger partial charge in [0.2, 0.25) is 0 Å². The first-order valence-electron chi connectivity index (χ1n) is 3.88. The number of hydrogen-bond acceptors (Lipinski definition) is 2. The number of thiophene rings is 1. The van der Waals surface area contributed by atoms with Crippen LogP contribution in [0.3, 0.4) is 0 Å². The molecule has 0 aliphatic heterocycles. The van der Waals surface area contributed by atoms with E-state index in [1.807, 2.05) is 6.92 Å². The molecule has 0 amide bonds. The zero-order valence-electron chi connectivity index (χ0n) is 7.36. The maximum absolute atomic E-state index is 12.1. The molecule has 0 aliphatic rings. The van der Waals surface area contributed by atoms with Crippen molar-refractivity contribution in [1.29, 1.82) is 0 Å². The van der Waals surface area contributed by atoms with Crippen LogP contribution < -0.4 is 5.73 Å². The van der Waals surface area contributed by atoms with Gasteiger partial charge in [-0.15, -0.1) is 11.3 Å². The summed E-state index contributed by atoms with van der Waals surface area (Å²) in [4.78, 5) is 1.62. The smallest absolute Gasteiger partial charge is 0.320 e. The summed E-state index contributed by atoms with van der Waals surface area (Å²) in [7, 11) is 0. The lowest BCUT2D eigenvalue weighted by Crippen LogP contribution is -2.38. The molecule has 1 atom stereocenters. The SMILES string of the molecule is Cc1cc(Br)c(CC(N)C(F)(F)F)s1. The Bertz CT molecular complexity index is 321. The molecular formula is C8H9BrF3NS. The van der Waals surface area contributed by atoms with Crippen molar-refractivity contribution in [2.45, 2.75) is 25.6 Å². The van der Waals surface area contributed by atoms with E-state index in [0.29, 0.717) is 9.35 Å². The molecule has 6 heteroatoms. The molecule has 80 valence electrons. The molecule has 0 fully saturated rings. The zero-order chi connectivity index (χ0) is 10.9. The van der Waals surface area contributed by atoms with Gasteiger partial charge in [-0.3, -0.25) is 0 Å². The Morgan fingerprint density at radius 1 is 1.57 bits per heavy atom. The minimum absolute atomic E-state index is 0.164. The van der Waals surface area contributed by atoms with Gasteiger partial charge in [-0.25, -0.2) is 0 Å². The van der Waals surface area contributed by atoms with Gasteiger partial charge in [0.25, 0.3) is 0 Å². The van der Waals surface area contributed by atoms with Gasteiger partial charge in [0.1, 0.15) is 6.04 Å². The predicted octanol–water partition coefficient (Wildman–Crippen LogP) is 3.25. The summed E-state index contributed by atoms with van der Waals surface area (Å²) in [6.45, 7) is 1.85. The van der Waals surface area contributed by atoms with Gasteiger partial charge >= 0.3 is 6.18 Å². The number of hydrogen-bond donors (Lipinski definition) is 1. The second-order valence-electron chi connectivity index (χ2n) is 2.98. The highest BCUT2D eigenvalue weighted by Gasteiger charge is 2.37. The standard InChI is InChI=1S/C8H9BrF3NS/c1-4-2-5(9)6(14-4)3-7(13)8(10,11)12/h2,7H,3,13H2,1H3. The molecule has 0 saturated carbocycles. The van der Waals surface area contributed by atoms with Gasteiger partial charge in [0, 0.05) is 20.6 Å². The van der Waals surface area contributed by atoms with Crippen molar-refractivity contribution in [1.82, 2.24) is 0 Å². The van der Waals surface area contributed by atoms with Crippen LogP contribution in [0.2, 0.25) is 0 Å². The number of alkyl halides is 3. The Kier molecular flexibility index (Phi) is 3.60. The van der Waals surface area contributed by atoms with Crippen molar-refractivity contribution in [2.75, 3.05) is 0 Å². The summed E-state index contributed by atoms with van der Waals surface area (Å²) in [5.74, 6) is 0.